The van der Waals surface area contributed by atoms with E-state index in [0.29, 0.717) is 34.9 Å². The molecule has 0 bridgehead atoms. The van der Waals surface area contributed by atoms with Crippen molar-refractivity contribution in [2.75, 3.05) is 20.3 Å². The van der Waals surface area contributed by atoms with Gasteiger partial charge in [-0.1, -0.05) is 29.8 Å². The standard InChI is InChI=1S/C20H22ClNO4/c1-12-17(20(24)26-11-10-25-2)18(13-6-3-4-7-14(13)21)19-15(22-12)8-5-9-16(19)23/h3-4,6-7,18,22H,5,8-11H2,1-2H3/t18-/m0/s1. The molecule has 0 spiro atoms. The van der Waals surface area contributed by atoms with E-state index in [4.69, 9.17) is 21.1 Å². The lowest BCUT2D eigenvalue weighted by molar-refractivity contribution is -0.140. The Kier molecular flexibility index (Phi) is 5.79. The van der Waals surface area contributed by atoms with Crippen LogP contribution in [0.4, 0.5) is 0 Å². The molecule has 1 aliphatic carbocycles. The molecule has 0 amide bonds. The summed E-state index contributed by atoms with van der Waals surface area (Å²) in [6, 6.07) is 7.33. The molecule has 0 saturated heterocycles. The lowest BCUT2D eigenvalue weighted by atomic mass is 9.75. The number of methoxy groups -OCH3 is 1. The van der Waals surface area contributed by atoms with Crippen LogP contribution in [0, 0.1) is 0 Å². The highest BCUT2D eigenvalue weighted by Crippen LogP contribution is 2.44. The van der Waals surface area contributed by atoms with Gasteiger partial charge in [-0.15, -0.1) is 0 Å². The van der Waals surface area contributed by atoms with Crippen LogP contribution in [-0.4, -0.2) is 32.1 Å². The van der Waals surface area contributed by atoms with Crippen molar-refractivity contribution in [2.45, 2.75) is 32.1 Å². The Hall–Kier alpha value is -2.11. The van der Waals surface area contributed by atoms with Crippen molar-refractivity contribution in [3.63, 3.8) is 0 Å². The number of esters is 1. The zero-order valence-corrected chi connectivity index (χ0v) is 15.7. The van der Waals surface area contributed by atoms with Gasteiger partial charge >= 0.3 is 5.97 Å². The summed E-state index contributed by atoms with van der Waals surface area (Å²) in [5.74, 6) is -0.914. The minimum Gasteiger partial charge on any atom is -0.460 e. The number of allylic oxidation sites excluding steroid dienone is 3. The molecule has 0 saturated carbocycles. The van der Waals surface area contributed by atoms with Crippen LogP contribution in [0.25, 0.3) is 0 Å². The molecule has 2 aliphatic rings. The van der Waals surface area contributed by atoms with Crippen LogP contribution in [0.3, 0.4) is 0 Å². The lowest BCUT2D eigenvalue weighted by Crippen LogP contribution is -2.34. The number of benzene rings is 1. The minimum absolute atomic E-state index is 0.0540. The third-order valence-electron chi connectivity index (χ3n) is 4.73. The molecule has 0 radical (unpaired) electrons. The lowest BCUT2D eigenvalue weighted by Gasteiger charge is -2.34. The summed E-state index contributed by atoms with van der Waals surface area (Å²) in [7, 11) is 1.55. The van der Waals surface area contributed by atoms with Crippen molar-refractivity contribution in [3.8, 4) is 0 Å². The molecule has 1 heterocycles. The van der Waals surface area contributed by atoms with Gasteiger partial charge in [-0.2, -0.15) is 0 Å². The van der Waals surface area contributed by atoms with E-state index in [-0.39, 0.29) is 12.4 Å². The number of hydrogen-bond donors (Lipinski definition) is 1. The van der Waals surface area contributed by atoms with Gasteiger partial charge in [-0.25, -0.2) is 4.79 Å². The number of ketones is 1. The predicted octanol–water partition coefficient (Wildman–Crippen LogP) is 3.50. The van der Waals surface area contributed by atoms with Gasteiger partial charge in [-0.3, -0.25) is 4.79 Å². The molecule has 138 valence electrons. The number of nitrogens with one attached hydrogen (secondary N) is 1. The van der Waals surface area contributed by atoms with E-state index in [1.807, 2.05) is 25.1 Å². The summed E-state index contributed by atoms with van der Waals surface area (Å²) >= 11 is 6.43. The summed E-state index contributed by atoms with van der Waals surface area (Å²) < 4.78 is 10.3. The second-order valence-corrected chi connectivity index (χ2v) is 6.82. The summed E-state index contributed by atoms with van der Waals surface area (Å²) in [5.41, 5.74) is 3.40. The van der Waals surface area contributed by atoms with E-state index in [9.17, 15) is 9.59 Å². The topological polar surface area (TPSA) is 64.6 Å². The van der Waals surface area contributed by atoms with Crippen LogP contribution < -0.4 is 5.32 Å². The van der Waals surface area contributed by atoms with E-state index in [1.54, 1.807) is 13.2 Å². The van der Waals surface area contributed by atoms with E-state index in [2.05, 4.69) is 5.32 Å². The van der Waals surface area contributed by atoms with E-state index in [0.717, 1.165) is 24.1 Å². The Bertz CT molecular complexity index is 797. The maximum Gasteiger partial charge on any atom is 0.336 e. The normalized spacial score (nSPS) is 20.0. The molecule has 1 aliphatic heterocycles. The number of rotatable bonds is 5. The molecule has 1 aromatic carbocycles. The second kappa shape index (κ2) is 8.06. The number of carbonyl (C=O) groups excluding carboxylic acids is 2. The second-order valence-electron chi connectivity index (χ2n) is 6.42. The average molecular weight is 376 g/mol. The zero-order valence-electron chi connectivity index (χ0n) is 14.9. The van der Waals surface area contributed by atoms with Crippen molar-refractivity contribution in [1.29, 1.82) is 0 Å². The fourth-order valence-electron chi connectivity index (χ4n) is 3.57. The Balaban J connectivity index is 2.07. The van der Waals surface area contributed by atoms with Crippen LogP contribution in [0.5, 0.6) is 0 Å². The molecule has 5 nitrogen and oxygen atoms in total. The first-order chi connectivity index (χ1) is 12.5. The predicted molar refractivity (Wildman–Crippen MR) is 98.7 cm³/mol. The zero-order chi connectivity index (χ0) is 18.7. The van der Waals surface area contributed by atoms with Gasteiger partial charge in [0.15, 0.2) is 5.78 Å². The highest BCUT2D eigenvalue weighted by Gasteiger charge is 2.39. The summed E-state index contributed by atoms with van der Waals surface area (Å²) in [4.78, 5) is 25.5. The maximum atomic E-state index is 12.8. The third kappa shape index (κ3) is 3.55. The SMILES string of the molecule is COCCOC(=O)C1=C(C)NC2=C(C(=O)CCC2)[C@H]1c1ccccc1Cl. The van der Waals surface area contributed by atoms with E-state index in [1.165, 1.54) is 0 Å². The monoisotopic (exact) mass is 375 g/mol. The van der Waals surface area contributed by atoms with Gasteiger partial charge in [-0.05, 0) is 31.4 Å². The summed E-state index contributed by atoms with van der Waals surface area (Å²) in [6.45, 7) is 2.30. The number of carbonyl (C=O) groups is 2. The van der Waals surface area contributed by atoms with Crippen LogP contribution in [0.15, 0.2) is 46.8 Å². The molecule has 0 aromatic heterocycles. The highest BCUT2D eigenvalue weighted by atomic mass is 35.5. The van der Waals surface area contributed by atoms with Crippen molar-refractivity contribution in [1.82, 2.24) is 5.32 Å². The number of ether oxygens (including phenoxy) is 2. The highest BCUT2D eigenvalue weighted by molar-refractivity contribution is 6.31. The largest absolute Gasteiger partial charge is 0.460 e. The van der Waals surface area contributed by atoms with E-state index < -0.39 is 11.9 Å². The Morgan fingerprint density at radius 1 is 1.27 bits per heavy atom. The number of Topliss-reactive ketones (excluding diaryl/α,β-unsaturated/α-hetero) is 1. The van der Waals surface area contributed by atoms with Crippen molar-refractivity contribution in [2.24, 2.45) is 0 Å². The summed E-state index contributed by atoms with van der Waals surface area (Å²) in [6.07, 6.45) is 2.07. The molecule has 6 heteroatoms. The molecular weight excluding hydrogens is 354 g/mol. The maximum absolute atomic E-state index is 12.8. The van der Waals surface area contributed by atoms with Crippen LogP contribution in [0.1, 0.15) is 37.7 Å². The molecule has 26 heavy (non-hydrogen) atoms. The minimum atomic E-state index is -0.511. The Morgan fingerprint density at radius 3 is 2.77 bits per heavy atom. The van der Waals surface area contributed by atoms with Crippen molar-refractivity contribution in [3.05, 3.63) is 57.4 Å². The quantitative estimate of drug-likeness (QED) is 0.630. The number of hydrogen-bond acceptors (Lipinski definition) is 5. The van der Waals surface area contributed by atoms with Crippen molar-refractivity contribution >= 4 is 23.4 Å². The first-order valence-electron chi connectivity index (χ1n) is 8.69. The Labute approximate surface area is 158 Å². The molecule has 3 rings (SSSR count). The molecule has 0 fully saturated rings. The van der Waals surface area contributed by atoms with Gasteiger partial charge < -0.3 is 14.8 Å². The fourth-order valence-corrected chi connectivity index (χ4v) is 3.81. The molecular formula is C20H22ClNO4. The smallest absolute Gasteiger partial charge is 0.336 e. The number of dihydropyridines is 1. The van der Waals surface area contributed by atoms with Gasteiger partial charge in [0.05, 0.1) is 12.2 Å². The average Bonchev–Trinajstić information content (AvgIpc) is 2.61. The van der Waals surface area contributed by atoms with Gasteiger partial charge in [0.2, 0.25) is 0 Å². The summed E-state index contributed by atoms with van der Waals surface area (Å²) in [5, 5.41) is 3.78. The first-order valence-corrected chi connectivity index (χ1v) is 9.07. The molecule has 1 atom stereocenters. The number of halogens is 1. The van der Waals surface area contributed by atoms with Gasteiger partial charge in [0.25, 0.3) is 0 Å². The van der Waals surface area contributed by atoms with Crippen molar-refractivity contribution < 1.29 is 19.1 Å². The fraction of sp³-hybridized carbons (Fsp3) is 0.400. The van der Waals surface area contributed by atoms with Crippen LogP contribution >= 0.6 is 11.6 Å². The third-order valence-corrected chi connectivity index (χ3v) is 5.08. The van der Waals surface area contributed by atoms with Crippen LogP contribution in [-0.2, 0) is 19.1 Å². The Morgan fingerprint density at radius 2 is 2.04 bits per heavy atom. The van der Waals surface area contributed by atoms with Crippen LogP contribution in [0.2, 0.25) is 5.02 Å². The first kappa shape index (κ1) is 18.7. The van der Waals surface area contributed by atoms with Gasteiger partial charge in [0.1, 0.15) is 6.61 Å². The molecule has 1 aromatic rings. The van der Waals surface area contributed by atoms with E-state index >= 15 is 0 Å². The molecule has 1 N–H and O–H groups in total. The molecule has 0 unspecified atom stereocenters. The van der Waals surface area contributed by atoms with Gasteiger partial charge in [0, 0.05) is 41.4 Å².